The van der Waals surface area contributed by atoms with Crippen molar-refractivity contribution < 1.29 is 9.18 Å². The molecule has 3 heteroatoms. The van der Waals surface area contributed by atoms with Gasteiger partial charge in [0.05, 0.1) is 6.04 Å². The number of carbonyl (C=O) groups is 1. The molecule has 2 atom stereocenters. The van der Waals surface area contributed by atoms with Gasteiger partial charge >= 0.3 is 0 Å². The van der Waals surface area contributed by atoms with Crippen molar-refractivity contribution in [1.82, 2.24) is 5.32 Å². The SMILES string of the molecule is O=C(N[C@H]1C[C@H]1F)c1ccccc1. The lowest BCUT2D eigenvalue weighted by Gasteiger charge is -2.01. The van der Waals surface area contributed by atoms with Gasteiger partial charge in [-0.3, -0.25) is 4.79 Å². The Labute approximate surface area is 75.8 Å². The molecule has 2 rings (SSSR count). The molecule has 1 aromatic rings. The van der Waals surface area contributed by atoms with Crippen LogP contribution in [0.15, 0.2) is 30.3 Å². The highest BCUT2D eigenvalue weighted by molar-refractivity contribution is 5.94. The number of rotatable bonds is 2. The number of alkyl halides is 1. The number of amides is 1. The fourth-order valence-corrected chi connectivity index (χ4v) is 1.15. The van der Waals surface area contributed by atoms with E-state index in [4.69, 9.17) is 0 Å². The molecular formula is C10H10FNO. The summed E-state index contributed by atoms with van der Waals surface area (Å²) in [5.41, 5.74) is 0.585. The average Bonchev–Trinajstić information content (AvgIpc) is 2.83. The zero-order valence-corrected chi connectivity index (χ0v) is 7.03. The van der Waals surface area contributed by atoms with Gasteiger partial charge in [0.2, 0.25) is 0 Å². The summed E-state index contributed by atoms with van der Waals surface area (Å²) in [6.45, 7) is 0. The number of hydrogen-bond acceptors (Lipinski definition) is 1. The largest absolute Gasteiger partial charge is 0.346 e. The molecule has 0 saturated heterocycles. The van der Waals surface area contributed by atoms with E-state index in [0.29, 0.717) is 12.0 Å². The molecule has 2 nitrogen and oxygen atoms in total. The smallest absolute Gasteiger partial charge is 0.251 e. The van der Waals surface area contributed by atoms with Crippen molar-refractivity contribution in [3.05, 3.63) is 35.9 Å². The van der Waals surface area contributed by atoms with Gasteiger partial charge in [-0.1, -0.05) is 18.2 Å². The molecule has 68 valence electrons. The average molecular weight is 179 g/mol. The molecule has 1 saturated carbocycles. The van der Waals surface area contributed by atoms with Crippen LogP contribution in [0.3, 0.4) is 0 Å². The first-order valence-corrected chi connectivity index (χ1v) is 4.27. The summed E-state index contributed by atoms with van der Waals surface area (Å²) in [7, 11) is 0. The maximum Gasteiger partial charge on any atom is 0.251 e. The molecule has 0 heterocycles. The Hall–Kier alpha value is -1.38. The highest BCUT2D eigenvalue weighted by Gasteiger charge is 2.38. The second-order valence-corrected chi connectivity index (χ2v) is 3.20. The van der Waals surface area contributed by atoms with Gasteiger partial charge in [0.15, 0.2) is 0 Å². The van der Waals surface area contributed by atoms with Crippen LogP contribution in [-0.4, -0.2) is 18.1 Å². The molecule has 0 aromatic heterocycles. The van der Waals surface area contributed by atoms with Crippen LogP contribution in [0.2, 0.25) is 0 Å². The Balaban J connectivity index is 1.98. The van der Waals surface area contributed by atoms with Crippen LogP contribution in [0.4, 0.5) is 4.39 Å². The van der Waals surface area contributed by atoms with Crippen LogP contribution in [0.1, 0.15) is 16.8 Å². The molecule has 0 aliphatic heterocycles. The zero-order valence-electron chi connectivity index (χ0n) is 7.03. The second kappa shape index (κ2) is 3.17. The van der Waals surface area contributed by atoms with E-state index in [0.717, 1.165) is 0 Å². The lowest BCUT2D eigenvalue weighted by molar-refractivity contribution is 0.0947. The van der Waals surface area contributed by atoms with E-state index in [-0.39, 0.29) is 11.9 Å². The normalized spacial score (nSPS) is 25.3. The number of nitrogens with one attached hydrogen (secondary N) is 1. The minimum atomic E-state index is -0.840. The summed E-state index contributed by atoms with van der Waals surface area (Å²) in [6.07, 6.45) is -0.383. The number of carbonyl (C=O) groups excluding carboxylic acids is 1. The van der Waals surface area contributed by atoms with Gasteiger partial charge < -0.3 is 5.32 Å². The van der Waals surface area contributed by atoms with Crippen LogP contribution in [0, 0.1) is 0 Å². The zero-order chi connectivity index (χ0) is 9.26. The lowest BCUT2D eigenvalue weighted by Crippen LogP contribution is -2.26. The van der Waals surface area contributed by atoms with Gasteiger partial charge in [0.25, 0.3) is 5.91 Å². The second-order valence-electron chi connectivity index (χ2n) is 3.20. The van der Waals surface area contributed by atoms with Crippen molar-refractivity contribution >= 4 is 5.91 Å². The van der Waals surface area contributed by atoms with E-state index >= 15 is 0 Å². The molecular weight excluding hydrogens is 169 g/mol. The number of hydrogen-bond donors (Lipinski definition) is 1. The molecule has 0 spiro atoms. The highest BCUT2D eigenvalue weighted by Crippen LogP contribution is 2.25. The maximum atomic E-state index is 12.4. The van der Waals surface area contributed by atoms with Crippen molar-refractivity contribution in [2.24, 2.45) is 0 Å². The van der Waals surface area contributed by atoms with Gasteiger partial charge in [-0.05, 0) is 12.1 Å². The Bertz CT molecular complexity index is 312. The summed E-state index contributed by atoms with van der Waals surface area (Å²) >= 11 is 0. The first kappa shape index (κ1) is 8.23. The van der Waals surface area contributed by atoms with Gasteiger partial charge in [-0.15, -0.1) is 0 Å². The number of benzene rings is 1. The van der Waals surface area contributed by atoms with E-state index in [1.54, 1.807) is 24.3 Å². The summed E-state index contributed by atoms with van der Waals surface area (Å²) in [5.74, 6) is -0.189. The minimum Gasteiger partial charge on any atom is -0.346 e. The quantitative estimate of drug-likeness (QED) is 0.732. The van der Waals surface area contributed by atoms with E-state index in [1.165, 1.54) is 0 Å². The molecule has 0 radical (unpaired) electrons. The predicted octanol–water partition coefficient (Wildman–Crippen LogP) is 1.53. The summed E-state index contributed by atoms with van der Waals surface area (Å²) in [5, 5.41) is 2.61. The fourth-order valence-electron chi connectivity index (χ4n) is 1.15. The molecule has 1 aromatic carbocycles. The maximum absolute atomic E-state index is 12.4. The van der Waals surface area contributed by atoms with Crippen molar-refractivity contribution in [3.8, 4) is 0 Å². The fraction of sp³-hybridized carbons (Fsp3) is 0.300. The van der Waals surface area contributed by atoms with Gasteiger partial charge in [-0.2, -0.15) is 0 Å². The summed E-state index contributed by atoms with van der Waals surface area (Å²) in [4.78, 5) is 11.4. The molecule has 1 N–H and O–H groups in total. The van der Waals surface area contributed by atoms with E-state index in [1.807, 2.05) is 6.07 Å². The highest BCUT2D eigenvalue weighted by atomic mass is 19.1. The summed E-state index contributed by atoms with van der Waals surface area (Å²) < 4.78 is 12.4. The van der Waals surface area contributed by atoms with Crippen LogP contribution in [0.25, 0.3) is 0 Å². The topological polar surface area (TPSA) is 29.1 Å². The van der Waals surface area contributed by atoms with E-state index < -0.39 is 6.17 Å². The predicted molar refractivity (Wildman–Crippen MR) is 47.2 cm³/mol. The Morgan fingerprint density at radius 2 is 2.00 bits per heavy atom. The van der Waals surface area contributed by atoms with Crippen LogP contribution < -0.4 is 5.32 Å². The molecule has 13 heavy (non-hydrogen) atoms. The Morgan fingerprint density at radius 3 is 2.54 bits per heavy atom. The lowest BCUT2D eigenvalue weighted by atomic mass is 10.2. The standard InChI is InChI=1S/C10H10FNO/c11-8-6-9(8)12-10(13)7-4-2-1-3-5-7/h1-5,8-9H,6H2,(H,12,13)/t8-,9+/m1/s1. The van der Waals surface area contributed by atoms with Crippen molar-refractivity contribution in [1.29, 1.82) is 0 Å². The van der Waals surface area contributed by atoms with Gasteiger partial charge in [0, 0.05) is 12.0 Å². The van der Waals surface area contributed by atoms with Crippen molar-refractivity contribution in [2.75, 3.05) is 0 Å². The third-order valence-corrected chi connectivity index (χ3v) is 2.07. The first-order chi connectivity index (χ1) is 6.27. The van der Waals surface area contributed by atoms with Crippen molar-refractivity contribution in [3.63, 3.8) is 0 Å². The van der Waals surface area contributed by atoms with Crippen LogP contribution >= 0.6 is 0 Å². The monoisotopic (exact) mass is 179 g/mol. The molecule has 1 aliphatic rings. The van der Waals surface area contributed by atoms with Gasteiger partial charge in [-0.25, -0.2) is 4.39 Å². The van der Waals surface area contributed by atoms with Gasteiger partial charge in [0.1, 0.15) is 6.17 Å². The Kier molecular flexibility index (Phi) is 2.00. The third kappa shape index (κ3) is 1.86. The molecule has 0 bridgehead atoms. The third-order valence-electron chi connectivity index (χ3n) is 2.07. The minimum absolute atomic E-state index is 0.189. The van der Waals surface area contributed by atoms with Crippen LogP contribution in [0.5, 0.6) is 0 Å². The molecule has 1 aliphatic carbocycles. The molecule has 0 unspecified atom stereocenters. The Morgan fingerprint density at radius 1 is 1.38 bits per heavy atom. The molecule has 1 amide bonds. The number of halogens is 1. The van der Waals surface area contributed by atoms with Crippen molar-refractivity contribution in [2.45, 2.75) is 18.6 Å². The summed E-state index contributed by atoms with van der Waals surface area (Å²) in [6, 6.07) is 8.58. The van der Waals surface area contributed by atoms with Crippen LogP contribution in [-0.2, 0) is 0 Å². The van der Waals surface area contributed by atoms with E-state index in [2.05, 4.69) is 5.32 Å². The first-order valence-electron chi connectivity index (χ1n) is 4.27. The molecule has 1 fully saturated rings. The van der Waals surface area contributed by atoms with E-state index in [9.17, 15) is 9.18 Å².